The van der Waals surface area contributed by atoms with E-state index < -0.39 is 22.0 Å². The third-order valence-electron chi connectivity index (χ3n) is 5.76. The lowest BCUT2D eigenvalue weighted by Crippen LogP contribution is -2.57. The molecule has 0 unspecified atom stereocenters. The second-order valence-electron chi connectivity index (χ2n) is 8.10. The maximum absolute atomic E-state index is 13.6. The highest BCUT2D eigenvalue weighted by Crippen LogP contribution is 2.27. The number of sulfonamides is 1. The van der Waals surface area contributed by atoms with Crippen molar-refractivity contribution in [3.63, 3.8) is 0 Å². The van der Waals surface area contributed by atoms with Crippen LogP contribution >= 0.6 is 0 Å². The number of carbonyl (C=O) groups excluding carboxylic acids is 2. The minimum absolute atomic E-state index is 0.00632. The molecule has 1 amide bonds. The molecule has 1 saturated heterocycles. The lowest BCUT2D eigenvalue weighted by molar-refractivity contribution is -0.157. The Labute approximate surface area is 204 Å². The monoisotopic (exact) mass is 494 g/mol. The zero-order chi connectivity index (χ0) is 24.8. The molecule has 1 aliphatic heterocycles. The Morgan fingerprint density at radius 1 is 0.914 bits per heavy atom. The third kappa shape index (κ3) is 5.70. The van der Waals surface area contributed by atoms with Gasteiger partial charge >= 0.3 is 5.97 Å². The van der Waals surface area contributed by atoms with Gasteiger partial charge in [-0.2, -0.15) is 4.31 Å². The predicted octanol–water partition coefficient (Wildman–Crippen LogP) is 3.19. The fourth-order valence-corrected chi connectivity index (χ4v) is 5.37. The van der Waals surface area contributed by atoms with Crippen LogP contribution in [0, 0.1) is 0 Å². The first-order valence-corrected chi connectivity index (χ1v) is 12.5. The molecule has 8 nitrogen and oxygen atoms in total. The van der Waals surface area contributed by atoms with Gasteiger partial charge in [0.1, 0.15) is 18.4 Å². The molecule has 1 atom stereocenters. The van der Waals surface area contributed by atoms with Gasteiger partial charge in [0.15, 0.2) is 0 Å². The number of carbonyl (C=O) groups is 2. The maximum Gasteiger partial charge on any atom is 0.325 e. The van der Waals surface area contributed by atoms with Crippen molar-refractivity contribution >= 4 is 21.9 Å². The predicted molar refractivity (Wildman–Crippen MR) is 129 cm³/mol. The van der Waals surface area contributed by atoms with Crippen molar-refractivity contribution in [2.24, 2.45) is 0 Å². The minimum Gasteiger partial charge on any atom is -0.497 e. The van der Waals surface area contributed by atoms with Gasteiger partial charge in [-0.05, 0) is 35.4 Å². The van der Waals surface area contributed by atoms with E-state index in [1.165, 1.54) is 36.3 Å². The quantitative estimate of drug-likeness (QED) is 0.447. The van der Waals surface area contributed by atoms with E-state index in [4.69, 9.17) is 9.47 Å². The zero-order valence-corrected chi connectivity index (χ0v) is 20.1. The average Bonchev–Trinajstić information content (AvgIpc) is 2.89. The first kappa shape index (κ1) is 24.4. The summed E-state index contributed by atoms with van der Waals surface area (Å²) in [5.41, 5.74) is 1.62. The number of hydrogen-bond donors (Lipinski definition) is 0. The van der Waals surface area contributed by atoms with Crippen LogP contribution in [0.2, 0.25) is 0 Å². The van der Waals surface area contributed by atoms with Gasteiger partial charge < -0.3 is 14.4 Å². The Hall–Kier alpha value is -3.69. The summed E-state index contributed by atoms with van der Waals surface area (Å²) in [7, 11) is -2.64. The van der Waals surface area contributed by atoms with Crippen molar-refractivity contribution in [1.82, 2.24) is 9.21 Å². The van der Waals surface area contributed by atoms with Gasteiger partial charge in [-0.3, -0.25) is 9.59 Å². The molecule has 182 valence electrons. The summed E-state index contributed by atoms with van der Waals surface area (Å²) in [6, 6.07) is 23.0. The molecule has 0 radical (unpaired) electrons. The molecular weight excluding hydrogens is 468 g/mol. The number of methoxy groups -OCH3 is 1. The number of amides is 1. The third-order valence-corrected chi connectivity index (χ3v) is 7.61. The Morgan fingerprint density at radius 2 is 1.51 bits per heavy atom. The molecule has 0 spiro atoms. The Kier molecular flexibility index (Phi) is 7.48. The highest BCUT2D eigenvalue weighted by atomic mass is 32.2. The zero-order valence-electron chi connectivity index (χ0n) is 19.2. The number of nitrogens with zero attached hydrogens (tertiary/aromatic N) is 2. The van der Waals surface area contributed by atoms with Crippen LogP contribution in [0.5, 0.6) is 5.75 Å². The summed E-state index contributed by atoms with van der Waals surface area (Å²) in [4.78, 5) is 27.4. The van der Waals surface area contributed by atoms with E-state index in [-0.39, 0.29) is 37.0 Å². The standard InChI is InChI=1S/C26H26N2O6S/c1-33-22-12-14-23(15-13-22)35(31,32)28-19-27(17-20-8-4-2-5-9-20)25(29)16-24(28)26(30)34-18-21-10-6-3-7-11-21/h2-15,24H,16-19H2,1H3/t24-/m1/s1. The topological polar surface area (TPSA) is 93.2 Å². The number of hydrogen-bond acceptors (Lipinski definition) is 6. The van der Waals surface area contributed by atoms with Gasteiger partial charge in [0.05, 0.1) is 25.1 Å². The summed E-state index contributed by atoms with van der Waals surface area (Å²) in [5.74, 6) is -0.586. The van der Waals surface area contributed by atoms with Crippen molar-refractivity contribution in [3.05, 3.63) is 96.1 Å². The maximum atomic E-state index is 13.6. The van der Waals surface area contributed by atoms with Crippen molar-refractivity contribution in [1.29, 1.82) is 0 Å². The molecule has 3 aromatic rings. The van der Waals surface area contributed by atoms with Crippen LogP contribution in [-0.2, 0) is 37.5 Å². The van der Waals surface area contributed by atoms with Gasteiger partial charge in [0.2, 0.25) is 15.9 Å². The summed E-state index contributed by atoms with van der Waals surface area (Å²) in [5, 5.41) is 0. The fraction of sp³-hybridized carbons (Fsp3) is 0.231. The molecule has 3 aromatic carbocycles. The smallest absolute Gasteiger partial charge is 0.325 e. The number of benzene rings is 3. The van der Waals surface area contributed by atoms with E-state index in [1.807, 2.05) is 48.5 Å². The molecule has 1 aliphatic rings. The SMILES string of the molecule is COc1ccc(S(=O)(=O)N2CN(Cc3ccccc3)C(=O)C[C@@H]2C(=O)OCc2ccccc2)cc1. The summed E-state index contributed by atoms with van der Waals surface area (Å²) < 4.78 is 38.8. The number of ether oxygens (including phenoxy) is 2. The Morgan fingerprint density at radius 3 is 2.11 bits per heavy atom. The van der Waals surface area contributed by atoms with E-state index in [0.717, 1.165) is 15.4 Å². The second kappa shape index (κ2) is 10.7. The molecule has 1 heterocycles. The van der Waals surface area contributed by atoms with Crippen molar-refractivity contribution in [2.45, 2.75) is 30.5 Å². The highest BCUT2D eigenvalue weighted by Gasteiger charge is 2.44. The van der Waals surface area contributed by atoms with Crippen molar-refractivity contribution in [2.75, 3.05) is 13.8 Å². The first-order chi connectivity index (χ1) is 16.9. The molecule has 0 aliphatic carbocycles. The van der Waals surface area contributed by atoms with E-state index >= 15 is 0 Å². The highest BCUT2D eigenvalue weighted by molar-refractivity contribution is 7.89. The van der Waals surface area contributed by atoms with Crippen LogP contribution in [-0.4, -0.2) is 49.3 Å². The van der Waals surface area contributed by atoms with Crippen LogP contribution in [0.3, 0.4) is 0 Å². The fourth-order valence-electron chi connectivity index (χ4n) is 3.84. The summed E-state index contributed by atoms with van der Waals surface area (Å²) in [6.07, 6.45) is -0.310. The lowest BCUT2D eigenvalue weighted by atomic mass is 10.1. The van der Waals surface area contributed by atoms with Crippen molar-refractivity contribution in [3.8, 4) is 5.75 Å². The van der Waals surface area contributed by atoms with Gasteiger partial charge in [0.25, 0.3) is 0 Å². The molecule has 0 aromatic heterocycles. The van der Waals surface area contributed by atoms with E-state index in [1.54, 1.807) is 12.1 Å². The second-order valence-corrected chi connectivity index (χ2v) is 9.99. The Balaban J connectivity index is 1.61. The Bertz CT molecular complexity index is 1260. The van der Waals surface area contributed by atoms with Crippen molar-refractivity contribution < 1.29 is 27.5 Å². The summed E-state index contributed by atoms with van der Waals surface area (Å²) in [6.45, 7) is -0.0677. The molecule has 0 N–H and O–H groups in total. The molecule has 0 saturated carbocycles. The van der Waals surface area contributed by atoms with Crippen LogP contribution in [0.15, 0.2) is 89.8 Å². The van der Waals surface area contributed by atoms with Crippen LogP contribution in [0.4, 0.5) is 0 Å². The van der Waals surface area contributed by atoms with Gasteiger partial charge in [-0.1, -0.05) is 60.7 Å². The number of rotatable bonds is 8. The number of esters is 1. The lowest BCUT2D eigenvalue weighted by Gasteiger charge is -2.39. The van der Waals surface area contributed by atoms with Crippen LogP contribution in [0.25, 0.3) is 0 Å². The molecule has 0 bridgehead atoms. The van der Waals surface area contributed by atoms with Crippen LogP contribution in [0.1, 0.15) is 17.5 Å². The van der Waals surface area contributed by atoms with E-state index in [2.05, 4.69) is 0 Å². The van der Waals surface area contributed by atoms with Gasteiger partial charge in [0, 0.05) is 6.54 Å². The van der Waals surface area contributed by atoms with Gasteiger partial charge in [-0.15, -0.1) is 0 Å². The molecular formula is C26H26N2O6S. The minimum atomic E-state index is -4.13. The average molecular weight is 495 g/mol. The van der Waals surface area contributed by atoms with Crippen LogP contribution < -0.4 is 4.74 Å². The molecule has 9 heteroatoms. The summed E-state index contributed by atoms with van der Waals surface area (Å²) >= 11 is 0. The largest absolute Gasteiger partial charge is 0.497 e. The van der Waals surface area contributed by atoms with Gasteiger partial charge in [-0.25, -0.2) is 8.42 Å². The molecule has 1 fully saturated rings. The van der Waals surface area contributed by atoms with E-state index in [9.17, 15) is 18.0 Å². The molecule has 35 heavy (non-hydrogen) atoms. The van der Waals surface area contributed by atoms with E-state index in [0.29, 0.717) is 5.75 Å². The normalized spacial score (nSPS) is 16.7. The molecule has 4 rings (SSSR count). The first-order valence-electron chi connectivity index (χ1n) is 11.1.